The topological polar surface area (TPSA) is 78.9 Å². The minimum atomic E-state index is -0.848. The van der Waals surface area contributed by atoms with E-state index in [-0.39, 0.29) is 44.4 Å². The van der Waals surface area contributed by atoms with Crippen molar-refractivity contribution in [2.75, 3.05) is 13.2 Å². The van der Waals surface area contributed by atoms with E-state index in [1.807, 2.05) is 60.8 Å². The van der Waals surface area contributed by atoms with Gasteiger partial charge in [-0.05, 0) is 109 Å². The van der Waals surface area contributed by atoms with Gasteiger partial charge in [0.25, 0.3) is 0 Å². The summed E-state index contributed by atoms with van der Waals surface area (Å²) in [6, 6.07) is 0. The summed E-state index contributed by atoms with van der Waals surface area (Å²) in [5.41, 5.74) is 0. The molecule has 0 aromatic rings. The molecule has 1 unspecified atom stereocenters. The van der Waals surface area contributed by atoms with E-state index in [2.05, 4.69) is 118 Å². The van der Waals surface area contributed by atoms with Gasteiger partial charge in [-0.15, -0.1) is 0 Å². The molecule has 354 valence electrons. The van der Waals surface area contributed by atoms with E-state index in [1.165, 1.54) is 25.7 Å². The van der Waals surface area contributed by atoms with Gasteiger partial charge in [0, 0.05) is 19.3 Å². The Morgan fingerprint density at radius 1 is 0.344 bits per heavy atom. The van der Waals surface area contributed by atoms with Crippen LogP contribution in [0, 0.1) is 0 Å². The molecular formula is C58H86O6. The van der Waals surface area contributed by atoms with Crippen LogP contribution in [0.4, 0.5) is 0 Å². The molecule has 64 heavy (non-hydrogen) atoms. The number of hydrogen-bond donors (Lipinski definition) is 0. The largest absolute Gasteiger partial charge is 0.462 e. The first-order valence-corrected chi connectivity index (χ1v) is 24.6. The average Bonchev–Trinajstić information content (AvgIpc) is 3.29. The van der Waals surface area contributed by atoms with E-state index in [9.17, 15) is 14.4 Å². The Labute approximate surface area is 390 Å². The number of hydrogen-bond acceptors (Lipinski definition) is 6. The van der Waals surface area contributed by atoms with Crippen molar-refractivity contribution in [1.29, 1.82) is 0 Å². The predicted molar refractivity (Wildman–Crippen MR) is 274 cm³/mol. The van der Waals surface area contributed by atoms with Crippen molar-refractivity contribution in [1.82, 2.24) is 0 Å². The number of rotatable bonds is 41. The lowest BCUT2D eigenvalue weighted by Crippen LogP contribution is -2.30. The Morgan fingerprint density at radius 2 is 0.703 bits per heavy atom. The summed E-state index contributed by atoms with van der Waals surface area (Å²) in [5.74, 6) is -1.10. The number of unbranched alkanes of at least 4 members (excludes halogenated alkanes) is 9. The quantitative estimate of drug-likeness (QED) is 0.0200. The van der Waals surface area contributed by atoms with Gasteiger partial charge < -0.3 is 14.2 Å². The number of allylic oxidation sites excluding steroid dienone is 26. The highest BCUT2D eigenvalue weighted by molar-refractivity contribution is 5.71. The fourth-order valence-electron chi connectivity index (χ4n) is 5.77. The molecule has 0 aromatic heterocycles. The molecule has 0 aromatic carbocycles. The van der Waals surface area contributed by atoms with E-state index in [0.717, 1.165) is 83.5 Å². The van der Waals surface area contributed by atoms with Gasteiger partial charge in [0.2, 0.25) is 0 Å². The summed E-state index contributed by atoms with van der Waals surface area (Å²) in [7, 11) is 0. The molecule has 0 aliphatic heterocycles. The molecule has 0 bridgehead atoms. The molecule has 0 fully saturated rings. The van der Waals surface area contributed by atoms with Crippen LogP contribution in [-0.4, -0.2) is 37.2 Å². The van der Waals surface area contributed by atoms with Crippen molar-refractivity contribution < 1.29 is 28.6 Å². The second-order valence-electron chi connectivity index (χ2n) is 15.4. The summed E-state index contributed by atoms with van der Waals surface area (Å²) >= 11 is 0. The van der Waals surface area contributed by atoms with Crippen LogP contribution in [0.25, 0.3) is 0 Å². The van der Waals surface area contributed by atoms with Crippen LogP contribution in [0.2, 0.25) is 0 Å². The van der Waals surface area contributed by atoms with Crippen LogP contribution in [0.1, 0.15) is 168 Å². The van der Waals surface area contributed by atoms with Crippen LogP contribution < -0.4 is 0 Å². The molecule has 0 radical (unpaired) electrons. The maximum Gasteiger partial charge on any atom is 0.306 e. The Kier molecular flexibility index (Phi) is 46.7. The van der Waals surface area contributed by atoms with Gasteiger partial charge in [-0.3, -0.25) is 14.4 Å². The van der Waals surface area contributed by atoms with E-state index in [4.69, 9.17) is 14.2 Å². The second kappa shape index (κ2) is 50.7. The molecule has 1 atom stereocenters. The smallest absolute Gasteiger partial charge is 0.306 e. The molecule has 0 saturated carbocycles. The van der Waals surface area contributed by atoms with Gasteiger partial charge in [0.05, 0.1) is 0 Å². The molecule has 6 heteroatoms. The van der Waals surface area contributed by atoms with Crippen molar-refractivity contribution in [3.63, 3.8) is 0 Å². The Bertz CT molecular complexity index is 1520. The first kappa shape index (κ1) is 59.0. The highest BCUT2D eigenvalue weighted by Gasteiger charge is 2.19. The average molecular weight is 879 g/mol. The molecule has 0 rings (SSSR count). The van der Waals surface area contributed by atoms with Crippen molar-refractivity contribution >= 4 is 17.9 Å². The molecule has 0 N–H and O–H groups in total. The zero-order valence-corrected chi connectivity index (χ0v) is 40.2. The number of carbonyl (C=O) groups excluding carboxylic acids is 3. The first-order chi connectivity index (χ1) is 31.5. The summed E-state index contributed by atoms with van der Waals surface area (Å²) in [6.45, 7) is 6.19. The van der Waals surface area contributed by atoms with Gasteiger partial charge in [0.1, 0.15) is 13.2 Å². The monoisotopic (exact) mass is 879 g/mol. The molecular weight excluding hydrogens is 793 g/mol. The van der Waals surface area contributed by atoms with E-state index < -0.39 is 12.1 Å². The Hall–Kier alpha value is -4.97. The zero-order valence-electron chi connectivity index (χ0n) is 40.2. The first-order valence-electron chi connectivity index (χ1n) is 24.6. The minimum absolute atomic E-state index is 0.143. The predicted octanol–water partition coefficient (Wildman–Crippen LogP) is 16.2. The van der Waals surface area contributed by atoms with Crippen LogP contribution in [0.3, 0.4) is 0 Å². The van der Waals surface area contributed by atoms with Gasteiger partial charge in [-0.25, -0.2) is 0 Å². The minimum Gasteiger partial charge on any atom is -0.462 e. The fraction of sp³-hybridized carbons (Fsp3) is 0.500. The van der Waals surface area contributed by atoms with Crippen molar-refractivity contribution in [2.45, 2.75) is 175 Å². The van der Waals surface area contributed by atoms with E-state index in [1.54, 1.807) is 0 Å². The number of carbonyl (C=O) groups is 3. The summed E-state index contributed by atoms with van der Waals surface area (Å²) < 4.78 is 16.6. The van der Waals surface area contributed by atoms with Crippen molar-refractivity contribution in [3.8, 4) is 0 Å². The van der Waals surface area contributed by atoms with Crippen molar-refractivity contribution in [3.05, 3.63) is 158 Å². The third kappa shape index (κ3) is 48.1. The molecule has 6 nitrogen and oxygen atoms in total. The van der Waals surface area contributed by atoms with Gasteiger partial charge >= 0.3 is 17.9 Å². The third-order valence-electron chi connectivity index (χ3n) is 9.41. The van der Waals surface area contributed by atoms with Crippen molar-refractivity contribution in [2.24, 2.45) is 0 Å². The normalized spacial score (nSPS) is 13.5. The lowest BCUT2D eigenvalue weighted by atomic mass is 10.1. The maximum absolute atomic E-state index is 12.8. The summed E-state index contributed by atoms with van der Waals surface area (Å²) in [4.78, 5) is 37.9. The lowest BCUT2D eigenvalue weighted by Gasteiger charge is -2.18. The maximum atomic E-state index is 12.8. The number of ether oxygens (including phenoxy) is 3. The van der Waals surface area contributed by atoms with Gasteiger partial charge in [0.15, 0.2) is 6.10 Å². The fourth-order valence-corrected chi connectivity index (χ4v) is 5.77. The van der Waals surface area contributed by atoms with Crippen LogP contribution in [0.15, 0.2) is 158 Å². The Morgan fingerprint density at radius 3 is 1.19 bits per heavy atom. The standard InChI is InChI=1S/C58H86O6/c1-4-7-10-13-16-19-22-25-27-29-31-33-36-39-42-45-48-51-57(60)63-54-55(53-62-56(59)50-47-44-41-38-35-24-21-18-15-12-9-6-3)64-58(61)52-49-46-43-40-37-34-32-30-28-26-23-20-17-14-11-8-5-2/h7,9-10,12-13,16-22,25-29,31-36,38,40,43,55H,4-6,8,11,14-15,23-24,30,37,39,41-42,44-54H2,1-3H3/b10-7-,12-9-,16-13-,20-17-,21-18-,22-19-,27-25-,28-26-,31-29+,34-32-,36-33-,38-35-,43-40-. The van der Waals surface area contributed by atoms with E-state index in [0.29, 0.717) is 19.3 Å². The molecule has 0 aliphatic carbocycles. The zero-order chi connectivity index (χ0) is 46.5. The summed E-state index contributed by atoms with van der Waals surface area (Å²) in [6.07, 6.45) is 73.7. The summed E-state index contributed by atoms with van der Waals surface area (Å²) in [5, 5.41) is 0. The van der Waals surface area contributed by atoms with Crippen LogP contribution in [-0.2, 0) is 28.6 Å². The molecule has 0 amide bonds. The third-order valence-corrected chi connectivity index (χ3v) is 9.41. The van der Waals surface area contributed by atoms with E-state index >= 15 is 0 Å². The molecule has 0 aliphatic rings. The van der Waals surface area contributed by atoms with Gasteiger partial charge in [-0.1, -0.05) is 198 Å². The number of esters is 3. The molecule has 0 spiro atoms. The SMILES string of the molecule is CC\C=C/C=C\C=C/C=C\C=C\C=C/CCCCCC(=O)OCC(COC(=O)CCCC/C=C\C/C=C\C/C=C\CC)OC(=O)CCC/C=C\C/C=C\C/C=C\C/C=C\CCCCC. The molecule has 0 saturated heterocycles. The highest BCUT2D eigenvalue weighted by atomic mass is 16.6. The molecule has 0 heterocycles. The van der Waals surface area contributed by atoms with Crippen LogP contribution in [0.5, 0.6) is 0 Å². The highest BCUT2D eigenvalue weighted by Crippen LogP contribution is 2.10. The lowest BCUT2D eigenvalue weighted by molar-refractivity contribution is -0.167. The van der Waals surface area contributed by atoms with Crippen LogP contribution >= 0.6 is 0 Å². The van der Waals surface area contributed by atoms with Gasteiger partial charge in [-0.2, -0.15) is 0 Å². The second-order valence-corrected chi connectivity index (χ2v) is 15.4. The Balaban J connectivity index is 4.66.